The van der Waals surface area contributed by atoms with Crippen molar-refractivity contribution in [2.24, 2.45) is 0 Å². The van der Waals surface area contributed by atoms with Gasteiger partial charge in [-0.05, 0) is 50.9 Å². The van der Waals surface area contributed by atoms with E-state index in [9.17, 15) is 9.59 Å². The molecule has 3 rings (SSSR count). The van der Waals surface area contributed by atoms with Crippen molar-refractivity contribution in [1.29, 1.82) is 0 Å². The van der Waals surface area contributed by atoms with Crippen molar-refractivity contribution in [1.82, 2.24) is 4.90 Å². The van der Waals surface area contributed by atoms with E-state index in [-0.39, 0.29) is 24.1 Å². The van der Waals surface area contributed by atoms with Crippen LogP contribution in [-0.2, 0) is 19.8 Å². The van der Waals surface area contributed by atoms with Crippen LogP contribution in [0.15, 0.2) is 60.7 Å². The number of hydrogen-bond donors (Lipinski definition) is 0. The Bertz CT molecular complexity index is 823. The highest BCUT2D eigenvalue weighted by molar-refractivity contribution is 5.89. The fourth-order valence-corrected chi connectivity index (χ4v) is 4.38. The maximum absolute atomic E-state index is 12.3. The quantitative estimate of drug-likeness (QED) is 0.659. The van der Waals surface area contributed by atoms with E-state index in [4.69, 9.17) is 9.47 Å². The molecule has 0 radical (unpaired) electrons. The summed E-state index contributed by atoms with van der Waals surface area (Å²) in [5, 5.41) is 0. The summed E-state index contributed by atoms with van der Waals surface area (Å²) in [4.78, 5) is 26.8. The van der Waals surface area contributed by atoms with Gasteiger partial charge in [-0.3, -0.25) is 9.69 Å². The van der Waals surface area contributed by atoms with E-state index < -0.39 is 5.54 Å². The van der Waals surface area contributed by atoms with Gasteiger partial charge in [-0.1, -0.05) is 48.5 Å². The van der Waals surface area contributed by atoms with Gasteiger partial charge in [0.15, 0.2) is 0 Å². The maximum Gasteiger partial charge on any atom is 0.338 e. The van der Waals surface area contributed by atoms with Crippen molar-refractivity contribution >= 4 is 11.9 Å². The number of hydrogen-bond acceptors (Lipinski definition) is 5. The molecule has 1 saturated heterocycles. The van der Waals surface area contributed by atoms with Gasteiger partial charge in [0.05, 0.1) is 24.6 Å². The molecular weight excluding hydrogens is 366 g/mol. The van der Waals surface area contributed by atoms with Gasteiger partial charge in [0.1, 0.15) is 6.10 Å². The molecule has 3 atom stereocenters. The van der Waals surface area contributed by atoms with E-state index in [2.05, 4.69) is 24.1 Å². The van der Waals surface area contributed by atoms with Crippen LogP contribution in [0, 0.1) is 0 Å². The number of carbonyl (C=O) groups excluding carboxylic acids is 2. The summed E-state index contributed by atoms with van der Waals surface area (Å²) >= 11 is 0. The Labute approximate surface area is 172 Å². The molecule has 29 heavy (non-hydrogen) atoms. The Morgan fingerprint density at radius 3 is 2.34 bits per heavy atom. The molecule has 2 aromatic rings. The zero-order valence-corrected chi connectivity index (χ0v) is 17.3. The first-order chi connectivity index (χ1) is 14.0. The molecule has 1 fully saturated rings. The summed E-state index contributed by atoms with van der Waals surface area (Å²) in [6.07, 6.45) is 2.58. The number of rotatable bonds is 7. The van der Waals surface area contributed by atoms with Crippen molar-refractivity contribution in [3.8, 4) is 0 Å². The van der Waals surface area contributed by atoms with Crippen LogP contribution < -0.4 is 0 Å². The number of nitrogens with zero attached hydrogens (tertiary/aromatic N) is 1. The molecule has 1 aliphatic heterocycles. The van der Waals surface area contributed by atoms with E-state index in [1.807, 2.05) is 43.3 Å². The average molecular weight is 395 g/mol. The van der Waals surface area contributed by atoms with Gasteiger partial charge in [0, 0.05) is 6.04 Å². The molecule has 0 aromatic heterocycles. The second-order valence-electron chi connectivity index (χ2n) is 7.77. The summed E-state index contributed by atoms with van der Waals surface area (Å²) in [6, 6.07) is 19.4. The number of methoxy groups -OCH3 is 1. The Hall–Kier alpha value is -2.66. The van der Waals surface area contributed by atoms with Crippen LogP contribution in [0.3, 0.4) is 0 Å². The number of benzene rings is 2. The Kier molecular flexibility index (Phi) is 6.70. The van der Waals surface area contributed by atoms with Crippen LogP contribution >= 0.6 is 0 Å². The van der Waals surface area contributed by atoms with E-state index in [0.717, 1.165) is 18.4 Å². The van der Waals surface area contributed by atoms with Crippen molar-refractivity contribution in [3.05, 3.63) is 71.8 Å². The van der Waals surface area contributed by atoms with E-state index in [1.165, 1.54) is 7.11 Å². The minimum absolute atomic E-state index is 0.207. The lowest BCUT2D eigenvalue weighted by atomic mass is 9.84. The first kappa shape index (κ1) is 21.1. The first-order valence-corrected chi connectivity index (χ1v) is 10.1. The van der Waals surface area contributed by atoms with Gasteiger partial charge in [0.25, 0.3) is 0 Å². The lowest BCUT2D eigenvalue weighted by Crippen LogP contribution is -2.45. The largest absolute Gasteiger partial charge is 0.469 e. The molecular formula is C24H29NO4. The number of esters is 2. The molecule has 1 heterocycles. The molecule has 0 bridgehead atoms. The molecule has 0 spiro atoms. The molecule has 5 heteroatoms. The summed E-state index contributed by atoms with van der Waals surface area (Å²) in [5.74, 6) is -0.521. The summed E-state index contributed by atoms with van der Waals surface area (Å²) in [6.45, 7) is 1.93. The zero-order chi connectivity index (χ0) is 20.9. The lowest BCUT2D eigenvalue weighted by Gasteiger charge is -2.39. The number of carbonyl (C=O) groups is 2. The number of ether oxygens (including phenoxy) is 2. The SMILES string of the molecule is COC(=O)CC1(c2ccccc2)CCC(C[C@@H](C)OC(=O)c2ccccc2)N1C. The highest BCUT2D eigenvalue weighted by Gasteiger charge is 2.47. The molecule has 2 aromatic carbocycles. The second-order valence-corrected chi connectivity index (χ2v) is 7.77. The predicted octanol–water partition coefficient (Wildman–Crippen LogP) is 4.17. The predicted molar refractivity (Wildman–Crippen MR) is 111 cm³/mol. The lowest BCUT2D eigenvalue weighted by molar-refractivity contribution is -0.144. The van der Waals surface area contributed by atoms with Crippen molar-refractivity contribution in [2.75, 3.05) is 14.2 Å². The monoisotopic (exact) mass is 395 g/mol. The normalized spacial score (nSPS) is 22.8. The van der Waals surface area contributed by atoms with Gasteiger partial charge in [-0.15, -0.1) is 0 Å². The fraction of sp³-hybridized carbons (Fsp3) is 0.417. The third-order valence-electron chi connectivity index (χ3n) is 6.01. The van der Waals surface area contributed by atoms with Crippen molar-refractivity contribution in [3.63, 3.8) is 0 Å². The molecule has 2 unspecified atom stereocenters. The standard InChI is InChI=1S/C24H29NO4/c1-18(29-23(27)19-10-6-4-7-11-19)16-21-14-15-24(25(21)2,17-22(26)28-3)20-12-8-5-9-13-20/h4-13,18,21H,14-17H2,1-3H3/t18-,21?,24?/m1/s1. The zero-order valence-electron chi connectivity index (χ0n) is 17.3. The van der Waals surface area contributed by atoms with Gasteiger partial charge in [-0.25, -0.2) is 4.79 Å². The fourth-order valence-electron chi connectivity index (χ4n) is 4.38. The topological polar surface area (TPSA) is 55.8 Å². The third-order valence-corrected chi connectivity index (χ3v) is 6.01. The highest BCUT2D eigenvalue weighted by Crippen LogP contribution is 2.45. The van der Waals surface area contributed by atoms with E-state index in [0.29, 0.717) is 18.4 Å². The first-order valence-electron chi connectivity index (χ1n) is 10.1. The van der Waals surface area contributed by atoms with Crippen LogP contribution in [0.2, 0.25) is 0 Å². The number of likely N-dealkylation sites (tertiary alicyclic amines) is 1. The smallest absolute Gasteiger partial charge is 0.338 e. The molecule has 5 nitrogen and oxygen atoms in total. The summed E-state index contributed by atoms with van der Waals surface area (Å²) < 4.78 is 10.7. The molecule has 0 N–H and O–H groups in total. The molecule has 0 saturated carbocycles. The molecule has 1 aliphatic rings. The second kappa shape index (κ2) is 9.23. The highest BCUT2D eigenvalue weighted by atomic mass is 16.5. The van der Waals surface area contributed by atoms with Gasteiger partial charge >= 0.3 is 11.9 Å². The summed E-state index contributed by atoms with van der Waals surface area (Å²) in [5.41, 5.74) is 1.27. The van der Waals surface area contributed by atoms with Gasteiger partial charge in [-0.2, -0.15) is 0 Å². The minimum Gasteiger partial charge on any atom is -0.469 e. The minimum atomic E-state index is -0.401. The van der Waals surface area contributed by atoms with Crippen LogP contribution in [0.1, 0.15) is 48.5 Å². The van der Waals surface area contributed by atoms with Crippen LogP contribution in [-0.4, -0.2) is 43.1 Å². The van der Waals surface area contributed by atoms with Gasteiger partial charge in [0.2, 0.25) is 0 Å². The summed E-state index contributed by atoms with van der Waals surface area (Å²) in [7, 11) is 3.48. The molecule has 0 amide bonds. The van der Waals surface area contributed by atoms with Crippen molar-refractivity contribution in [2.45, 2.75) is 50.3 Å². The maximum atomic E-state index is 12.3. The average Bonchev–Trinajstić information content (AvgIpc) is 3.05. The van der Waals surface area contributed by atoms with E-state index >= 15 is 0 Å². The third kappa shape index (κ3) is 4.67. The van der Waals surface area contributed by atoms with Crippen LogP contribution in [0.5, 0.6) is 0 Å². The Balaban J connectivity index is 1.71. The molecule has 154 valence electrons. The van der Waals surface area contributed by atoms with Crippen LogP contribution in [0.4, 0.5) is 0 Å². The Morgan fingerprint density at radius 1 is 1.10 bits per heavy atom. The Morgan fingerprint density at radius 2 is 1.72 bits per heavy atom. The van der Waals surface area contributed by atoms with Crippen molar-refractivity contribution < 1.29 is 19.1 Å². The van der Waals surface area contributed by atoms with Crippen LogP contribution in [0.25, 0.3) is 0 Å². The van der Waals surface area contributed by atoms with Gasteiger partial charge < -0.3 is 9.47 Å². The molecule has 0 aliphatic carbocycles. The van der Waals surface area contributed by atoms with E-state index in [1.54, 1.807) is 12.1 Å².